The molecule has 0 radical (unpaired) electrons. The predicted octanol–water partition coefficient (Wildman–Crippen LogP) is 3.80. The van der Waals surface area contributed by atoms with Crippen LogP contribution < -0.4 is 4.74 Å². The fraction of sp³-hybridized carbons (Fsp3) is 0.455. The predicted molar refractivity (Wildman–Crippen MR) is 115 cm³/mol. The molecule has 4 rings (SSSR count). The van der Waals surface area contributed by atoms with Crippen molar-refractivity contribution in [2.24, 2.45) is 0 Å². The van der Waals surface area contributed by atoms with Crippen LogP contribution in [-0.2, 0) is 10.0 Å². The highest BCUT2D eigenvalue weighted by molar-refractivity contribution is 7.89. The van der Waals surface area contributed by atoms with Gasteiger partial charge in [0.2, 0.25) is 10.0 Å². The summed E-state index contributed by atoms with van der Waals surface area (Å²) in [5, 5.41) is 0. The average Bonchev–Trinajstić information content (AvgIpc) is 3.43. The van der Waals surface area contributed by atoms with Gasteiger partial charge < -0.3 is 9.72 Å². The Kier molecular flexibility index (Phi) is 5.81. The molecule has 0 saturated carbocycles. The molecule has 3 heterocycles. The second kappa shape index (κ2) is 8.34. The number of aromatic amines is 1. The highest BCUT2D eigenvalue weighted by atomic mass is 32.2. The number of aromatic nitrogens is 1. The van der Waals surface area contributed by atoms with E-state index in [4.69, 9.17) is 4.74 Å². The normalized spacial score (nSPS) is 21.0. The molecule has 2 aliphatic rings. The zero-order chi connectivity index (χ0) is 20.4. The molecule has 1 N–H and O–H groups in total. The average molecular weight is 416 g/mol. The van der Waals surface area contributed by atoms with E-state index in [0.29, 0.717) is 29.8 Å². The number of nitrogens with zero attached hydrogens (tertiary/aromatic N) is 2. The topological polar surface area (TPSA) is 65.6 Å². The lowest BCUT2D eigenvalue weighted by atomic mass is 10.1. The standard InChI is InChI=1S/C22H29N3O3S/c1-3-24-13-7-8-21(24)20-11-10-19(23-20)18-16-17(9-12-22(18)28-2)29(26,27)25-14-5-4-6-15-25/h4-5,9-12,16,21,23H,3,6-8,13-15H2,1-2H3. The summed E-state index contributed by atoms with van der Waals surface area (Å²) >= 11 is 0. The molecule has 1 unspecified atom stereocenters. The minimum absolute atomic E-state index is 0.302. The molecule has 1 fully saturated rings. The summed E-state index contributed by atoms with van der Waals surface area (Å²) < 4.78 is 33.3. The minimum Gasteiger partial charge on any atom is -0.496 e. The van der Waals surface area contributed by atoms with Crippen LogP contribution in [0.15, 0.2) is 47.4 Å². The first-order valence-corrected chi connectivity index (χ1v) is 11.7. The third-order valence-electron chi connectivity index (χ3n) is 5.96. The SMILES string of the molecule is CCN1CCCC1c1ccc(-c2cc(S(=O)(=O)N3CC=CCC3)ccc2OC)[nH]1. The molecule has 29 heavy (non-hydrogen) atoms. The number of rotatable bonds is 6. The number of ether oxygens (including phenoxy) is 1. The van der Waals surface area contributed by atoms with Gasteiger partial charge in [-0.15, -0.1) is 0 Å². The van der Waals surface area contributed by atoms with Gasteiger partial charge in [-0.1, -0.05) is 19.1 Å². The van der Waals surface area contributed by atoms with Crippen molar-refractivity contribution in [2.45, 2.75) is 37.1 Å². The maximum absolute atomic E-state index is 13.1. The van der Waals surface area contributed by atoms with Crippen LogP contribution in [0, 0.1) is 0 Å². The van der Waals surface area contributed by atoms with Crippen molar-refractivity contribution in [2.75, 3.05) is 33.3 Å². The van der Waals surface area contributed by atoms with Crippen molar-refractivity contribution in [3.05, 3.63) is 48.2 Å². The van der Waals surface area contributed by atoms with E-state index in [1.165, 1.54) is 16.4 Å². The lowest BCUT2D eigenvalue weighted by Gasteiger charge is -2.23. The molecule has 1 aromatic carbocycles. The molecule has 2 aromatic rings. The van der Waals surface area contributed by atoms with Gasteiger partial charge in [-0.05, 0) is 62.7 Å². The Hall–Kier alpha value is -2.09. The van der Waals surface area contributed by atoms with Crippen molar-refractivity contribution in [1.82, 2.24) is 14.2 Å². The summed E-state index contributed by atoms with van der Waals surface area (Å²) in [6.45, 7) is 5.28. The molecule has 0 aliphatic carbocycles. The van der Waals surface area contributed by atoms with E-state index in [-0.39, 0.29) is 0 Å². The Balaban J connectivity index is 1.69. The molecule has 6 nitrogen and oxygen atoms in total. The number of H-pyrrole nitrogens is 1. The second-order valence-corrected chi connectivity index (χ2v) is 9.54. The third kappa shape index (κ3) is 3.86. The van der Waals surface area contributed by atoms with Gasteiger partial charge in [0, 0.05) is 36.1 Å². The number of hydrogen-bond acceptors (Lipinski definition) is 4. The quantitative estimate of drug-likeness (QED) is 0.729. The zero-order valence-electron chi connectivity index (χ0n) is 17.1. The van der Waals surface area contributed by atoms with Crippen molar-refractivity contribution in [3.63, 3.8) is 0 Å². The highest BCUT2D eigenvalue weighted by Crippen LogP contribution is 2.36. The maximum atomic E-state index is 13.1. The zero-order valence-corrected chi connectivity index (χ0v) is 17.9. The largest absolute Gasteiger partial charge is 0.496 e. The van der Waals surface area contributed by atoms with Gasteiger partial charge in [0.1, 0.15) is 5.75 Å². The van der Waals surface area contributed by atoms with Crippen LogP contribution in [-0.4, -0.2) is 55.9 Å². The monoisotopic (exact) mass is 415 g/mol. The van der Waals surface area contributed by atoms with Gasteiger partial charge in [0.05, 0.1) is 12.0 Å². The van der Waals surface area contributed by atoms with E-state index in [1.807, 2.05) is 18.2 Å². The van der Waals surface area contributed by atoms with Crippen LogP contribution in [0.1, 0.15) is 37.9 Å². The van der Waals surface area contributed by atoms with Crippen LogP contribution in [0.3, 0.4) is 0 Å². The third-order valence-corrected chi connectivity index (χ3v) is 7.82. The maximum Gasteiger partial charge on any atom is 0.243 e. The van der Waals surface area contributed by atoms with E-state index in [1.54, 1.807) is 25.3 Å². The first-order valence-electron chi connectivity index (χ1n) is 10.3. The van der Waals surface area contributed by atoms with Crippen LogP contribution in [0.2, 0.25) is 0 Å². The van der Waals surface area contributed by atoms with Crippen molar-refractivity contribution >= 4 is 10.0 Å². The molecule has 2 aliphatic heterocycles. The number of sulfonamides is 1. The first-order chi connectivity index (χ1) is 14.0. The molecular formula is C22H29N3O3S. The molecule has 0 amide bonds. The highest BCUT2D eigenvalue weighted by Gasteiger charge is 2.28. The Labute approximate surface area is 173 Å². The van der Waals surface area contributed by atoms with Gasteiger partial charge in [-0.25, -0.2) is 8.42 Å². The van der Waals surface area contributed by atoms with E-state index in [9.17, 15) is 8.42 Å². The summed E-state index contributed by atoms with van der Waals surface area (Å²) in [6.07, 6.45) is 7.02. The van der Waals surface area contributed by atoms with E-state index in [2.05, 4.69) is 22.9 Å². The van der Waals surface area contributed by atoms with Crippen LogP contribution in [0.5, 0.6) is 5.75 Å². The lowest BCUT2D eigenvalue weighted by Crippen LogP contribution is -2.33. The van der Waals surface area contributed by atoms with Gasteiger partial charge >= 0.3 is 0 Å². The van der Waals surface area contributed by atoms with Crippen molar-refractivity contribution in [3.8, 4) is 17.0 Å². The molecule has 1 aromatic heterocycles. The fourth-order valence-corrected chi connectivity index (χ4v) is 5.80. The van der Waals surface area contributed by atoms with Gasteiger partial charge in [-0.2, -0.15) is 4.31 Å². The Morgan fingerprint density at radius 1 is 1.17 bits per heavy atom. The Morgan fingerprint density at radius 3 is 2.76 bits per heavy atom. The van der Waals surface area contributed by atoms with Gasteiger partial charge in [0.25, 0.3) is 0 Å². The second-order valence-electron chi connectivity index (χ2n) is 7.60. The number of hydrogen-bond donors (Lipinski definition) is 1. The van der Waals surface area contributed by atoms with Crippen LogP contribution in [0.25, 0.3) is 11.3 Å². The first kappa shape index (κ1) is 20.2. The van der Waals surface area contributed by atoms with Crippen molar-refractivity contribution in [1.29, 1.82) is 0 Å². The number of nitrogens with one attached hydrogen (secondary N) is 1. The molecule has 156 valence electrons. The van der Waals surface area contributed by atoms with E-state index < -0.39 is 10.0 Å². The molecule has 0 bridgehead atoms. The Morgan fingerprint density at radius 2 is 2.03 bits per heavy atom. The summed E-state index contributed by atoms with van der Waals surface area (Å²) in [5.74, 6) is 0.662. The fourth-order valence-electron chi connectivity index (χ4n) is 4.37. The minimum atomic E-state index is -3.53. The molecule has 7 heteroatoms. The summed E-state index contributed by atoms with van der Waals surface area (Å²) in [6, 6.07) is 9.65. The molecule has 0 spiro atoms. The number of likely N-dealkylation sites (tertiary alicyclic amines) is 1. The number of benzene rings is 1. The smallest absolute Gasteiger partial charge is 0.243 e. The van der Waals surface area contributed by atoms with Crippen LogP contribution >= 0.6 is 0 Å². The molecule has 1 saturated heterocycles. The summed E-state index contributed by atoms with van der Waals surface area (Å²) in [7, 11) is -1.92. The van der Waals surface area contributed by atoms with Crippen molar-refractivity contribution < 1.29 is 13.2 Å². The molecular weight excluding hydrogens is 386 g/mol. The molecule has 1 atom stereocenters. The van der Waals surface area contributed by atoms with Gasteiger partial charge in [-0.3, -0.25) is 4.90 Å². The Bertz CT molecular complexity index is 996. The summed E-state index contributed by atoms with van der Waals surface area (Å²) in [5.41, 5.74) is 2.83. The lowest BCUT2D eigenvalue weighted by molar-refractivity contribution is 0.268. The van der Waals surface area contributed by atoms with Gasteiger partial charge in [0.15, 0.2) is 0 Å². The summed E-state index contributed by atoms with van der Waals surface area (Å²) in [4.78, 5) is 6.30. The number of methoxy groups -OCH3 is 1. The van der Waals surface area contributed by atoms with E-state index in [0.717, 1.165) is 37.2 Å². The van der Waals surface area contributed by atoms with E-state index >= 15 is 0 Å². The van der Waals surface area contributed by atoms with Crippen LogP contribution in [0.4, 0.5) is 0 Å².